The van der Waals surface area contributed by atoms with Gasteiger partial charge in [-0.3, -0.25) is 14.9 Å². The molecule has 0 aliphatic carbocycles. The van der Waals surface area contributed by atoms with Crippen molar-refractivity contribution in [3.8, 4) is 11.1 Å². The third-order valence-electron chi connectivity index (χ3n) is 2.71. The predicted molar refractivity (Wildman–Crippen MR) is 67.0 cm³/mol. The lowest BCUT2D eigenvalue weighted by molar-refractivity contribution is -0.384. The highest BCUT2D eigenvalue weighted by Crippen LogP contribution is 2.28. The molecular weight excluding hydrogens is 270 g/mol. The van der Waals surface area contributed by atoms with Crippen molar-refractivity contribution in [2.45, 2.75) is 0 Å². The number of hydrogen-bond donors (Lipinski definition) is 1. The van der Waals surface area contributed by atoms with Gasteiger partial charge in [0.05, 0.1) is 10.5 Å². The van der Waals surface area contributed by atoms with E-state index in [1.807, 2.05) is 0 Å². The first-order chi connectivity index (χ1) is 9.40. The second-order valence-electron chi connectivity index (χ2n) is 3.98. The molecule has 2 rings (SSSR count). The van der Waals surface area contributed by atoms with E-state index in [9.17, 15) is 23.7 Å². The van der Waals surface area contributed by atoms with Crippen LogP contribution in [0.15, 0.2) is 36.4 Å². The van der Waals surface area contributed by atoms with Crippen LogP contribution in [0.1, 0.15) is 10.4 Å². The van der Waals surface area contributed by atoms with Gasteiger partial charge in [0.2, 0.25) is 5.91 Å². The quantitative estimate of drug-likeness (QED) is 0.691. The molecule has 20 heavy (non-hydrogen) atoms. The Hall–Kier alpha value is -2.83. The van der Waals surface area contributed by atoms with Crippen LogP contribution in [0, 0.1) is 21.7 Å². The van der Waals surface area contributed by atoms with Crippen LogP contribution in [-0.2, 0) is 0 Å². The maximum absolute atomic E-state index is 13.2. The summed E-state index contributed by atoms with van der Waals surface area (Å²) in [4.78, 5) is 21.3. The van der Waals surface area contributed by atoms with Gasteiger partial charge in [-0.05, 0) is 29.3 Å². The van der Waals surface area contributed by atoms with Crippen LogP contribution in [-0.4, -0.2) is 10.8 Å². The van der Waals surface area contributed by atoms with Gasteiger partial charge in [-0.15, -0.1) is 0 Å². The number of nitrogens with two attached hydrogens (primary N) is 1. The van der Waals surface area contributed by atoms with E-state index in [1.165, 1.54) is 12.1 Å². The normalized spacial score (nSPS) is 10.3. The molecule has 0 heterocycles. The largest absolute Gasteiger partial charge is 0.366 e. The van der Waals surface area contributed by atoms with Crippen LogP contribution in [0.3, 0.4) is 0 Å². The number of rotatable bonds is 3. The molecule has 0 aliphatic rings. The van der Waals surface area contributed by atoms with Crippen molar-refractivity contribution in [1.29, 1.82) is 0 Å². The minimum absolute atomic E-state index is 0.134. The number of nitro benzene ring substituents is 1. The Balaban J connectivity index is 2.63. The molecule has 7 heteroatoms. The lowest BCUT2D eigenvalue weighted by Gasteiger charge is -2.07. The number of carbonyl (C=O) groups excluding carboxylic acids is 1. The lowest BCUT2D eigenvalue weighted by Crippen LogP contribution is -2.13. The maximum atomic E-state index is 13.2. The summed E-state index contributed by atoms with van der Waals surface area (Å²) in [6.07, 6.45) is 0. The minimum atomic E-state index is -1.09. The minimum Gasteiger partial charge on any atom is -0.366 e. The summed E-state index contributed by atoms with van der Waals surface area (Å²) in [6, 6.07) is 6.47. The summed E-state index contributed by atoms with van der Waals surface area (Å²) < 4.78 is 26.1. The first kappa shape index (κ1) is 13.6. The number of nitro groups is 1. The van der Waals surface area contributed by atoms with E-state index in [0.29, 0.717) is 0 Å². The summed E-state index contributed by atoms with van der Waals surface area (Å²) in [5.74, 6) is -3.01. The molecule has 0 radical (unpaired) electrons. The number of hydrogen-bond acceptors (Lipinski definition) is 3. The van der Waals surface area contributed by atoms with E-state index in [0.717, 1.165) is 24.3 Å². The SMILES string of the molecule is NC(=O)c1cc([N+](=O)[O-])ccc1-c1ccc(F)c(F)c1. The number of amides is 1. The van der Waals surface area contributed by atoms with Crippen LogP contribution in [0.25, 0.3) is 11.1 Å². The monoisotopic (exact) mass is 278 g/mol. The second kappa shape index (κ2) is 5.04. The van der Waals surface area contributed by atoms with Gasteiger partial charge >= 0.3 is 0 Å². The van der Waals surface area contributed by atoms with Crippen molar-refractivity contribution in [2.75, 3.05) is 0 Å². The first-order valence-electron chi connectivity index (χ1n) is 5.44. The number of halogens is 2. The van der Waals surface area contributed by atoms with E-state index in [4.69, 9.17) is 5.73 Å². The molecule has 2 aromatic rings. The molecule has 0 fully saturated rings. The Morgan fingerprint density at radius 3 is 2.35 bits per heavy atom. The molecule has 5 nitrogen and oxygen atoms in total. The van der Waals surface area contributed by atoms with E-state index in [1.54, 1.807) is 0 Å². The molecule has 0 atom stereocenters. The van der Waals surface area contributed by atoms with Crippen LogP contribution < -0.4 is 5.73 Å². The highest BCUT2D eigenvalue weighted by molar-refractivity contribution is 6.00. The average Bonchev–Trinajstić information content (AvgIpc) is 2.41. The zero-order valence-electron chi connectivity index (χ0n) is 9.97. The third kappa shape index (κ3) is 2.46. The fraction of sp³-hybridized carbons (Fsp3) is 0. The van der Waals surface area contributed by atoms with Gasteiger partial charge in [0.25, 0.3) is 5.69 Å². The molecular formula is C13H8F2N2O3. The predicted octanol–water partition coefficient (Wildman–Crippen LogP) is 2.64. The van der Waals surface area contributed by atoms with Gasteiger partial charge < -0.3 is 5.73 Å². The summed E-state index contributed by atoms with van der Waals surface area (Å²) in [7, 11) is 0. The van der Waals surface area contributed by atoms with Crippen LogP contribution >= 0.6 is 0 Å². The van der Waals surface area contributed by atoms with Crippen LogP contribution in [0.5, 0.6) is 0 Å². The highest BCUT2D eigenvalue weighted by Gasteiger charge is 2.16. The van der Waals surface area contributed by atoms with Gasteiger partial charge in [0, 0.05) is 12.1 Å². The zero-order valence-corrected chi connectivity index (χ0v) is 9.97. The first-order valence-corrected chi connectivity index (χ1v) is 5.44. The van der Waals surface area contributed by atoms with Crippen LogP contribution in [0.4, 0.5) is 14.5 Å². The number of benzene rings is 2. The second-order valence-corrected chi connectivity index (χ2v) is 3.98. The van der Waals surface area contributed by atoms with E-state index >= 15 is 0 Å². The maximum Gasteiger partial charge on any atom is 0.270 e. The molecule has 0 aromatic heterocycles. The van der Waals surface area contributed by atoms with Crippen molar-refractivity contribution < 1.29 is 18.5 Å². The average molecular weight is 278 g/mol. The van der Waals surface area contributed by atoms with Gasteiger partial charge in [0.15, 0.2) is 11.6 Å². The zero-order chi connectivity index (χ0) is 14.9. The fourth-order valence-corrected chi connectivity index (χ4v) is 1.77. The molecule has 0 bridgehead atoms. The highest BCUT2D eigenvalue weighted by atomic mass is 19.2. The molecule has 0 unspecified atom stereocenters. The molecule has 1 amide bonds. The molecule has 0 saturated carbocycles. The third-order valence-corrected chi connectivity index (χ3v) is 2.71. The molecule has 2 aromatic carbocycles. The van der Waals surface area contributed by atoms with Crippen molar-refractivity contribution in [1.82, 2.24) is 0 Å². The number of non-ortho nitro benzene ring substituents is 1. The Kier molecular flexibility index (Phi) is 3.43. The van der Waals surface area contributed by atoms with Crippen LogP contribution in [0.2, 0.25) is 0 Å². The fourth-order valence-electron chi connectivity index (χ4n) is 1.77. The van der Waals surface area contributed by atoms with Crippen molar-refractivity contribution in [3.05, 3.63) is 63.7 Å². The lowest BCUT2D eigenvalue weighted by atomic mass is 9.98. The van der Waals surface area contributed by atoms with E-state index in [2.05, 4.69) is 0 Å². The Labute approximate surface area is 111 Å². The van der Waals surface area contributed by atoms with Gasteiger partial charge in [0.1, 0.15) is 0 Å². The van der Waals surface area contributed by atoms with Crippen molar-refractivity contribution >= 4 is 11.6 Å². The van der Waals surface area contributed by atoms with E-state index < -0.39 is 22.5 Å². The number of primary amides is 1. The number of carbonyl (C=O) groups is 1. The Morgan fingerprint density at radius 1 is 1.10 bits per heavy atom. The summed E-state index contributed by atoms with van der Waals surface area (Å²) in [6.45, 7) is 0. The van der Waals surface area contributed by atoms with E-state index in [-0.39, 0.29) is 22.4 Å². The standard InChI is InChI=1S/C13H8F2N2O3/c14-11-4-1-7(5-12(11)15)9-3-2-8(17(19)20)6-10(9)13(16)18/h1-6H,(H2,16,18). The number of nitrogens with zero attached hydrogens (tertiary/aromatic N) is 1. The van der Waals surface area contributed by atoms with Crippen molar-refractivity contribution in [3.63, 3.8) is 0 Å². The molecule has 0 aliphatic heterocycles. The summed E-state index contributed by atoms with van der Waals surface area (Å²) >= 11 is 0. The summed E-state index contributed by atoms with van der Waals surface area (Å²) in [5, 5.41) is 10.7. The molecule has 0 saturated heterocycles. The van der Waals surface area contributed by atoms with Gasteiger partial charge in [-0.1, -0.05) is 6.07 Å². The molecule has 2 N–H and O–H groups in total. The Bertz CT molecular complexity index is 717. The smallest absolute Gasteiger partial charge is 0.270 e. The molecule has 102 valence electrons. The molecule has 0 spiro atoms. The van der Waals surface area contributed by atoms with Crippen molar-refractivity contribution in [2.24, 2.45) is 5.73 Å². The van der Waals surface area contributed by atoms with Gasteiger partial charge in [-0.25, -0.2) is 8.78 Å². The Morgan fingerprint density at radius 2 is 1.80 bits per heavy atom. The summed E-state index contributed by atoms with van der Waals surface area (Å²) in [5.41, 5.74) is 5.11. The topological polar surface area (TPSA) is 86.2 Å². The van der Waals surface area contributed by atoms with Gasteiger partial charge in [-0.2, -0.15) is 0 Å².